The standard InChI is InChI=1S/C23H19F2NO6S/c1-31-18-9-5-8-17(14-18)26-21(27)20(15-6-3-2-4-7-15)32-22(28)16-10-12-19(13-11-16)33(29,30)23(24)25/h2-14,20,23H,1H3,(H,26,27). The maximum atomic E-state index is 12.9. The Morgan fingerprint density at radius 1 is 0.909 bits per heavy atom. The Bertz CT molecular complexity index is 1230. The number of halogens is 2. The number of nitrogens with one attached hydrogen (secondary N) is 1. The lowest BCUT2D eigenvalue weighted by molar-refractivity contribution is -0.125. The number of hydrogen-bond donors (Lipinski definition) is 1. The number of anilines is 1. The third kappa shape index (κ3) is 5.72. The van der Waals surface area contributed by atoms with E-state index in [4.69, 9.17) is 9.47 Å². The van der Waals surface area contributed by atoms with E-state index in [1.54, 1.807) is 54.6 Å². The Labute approximate surface area is 188 Å². The lowest BCUT2D eigenvalue weighted by atomic mass is 10.1. The molecule has 3 aromatic rings. The first-order valence-corrected chi connectivity index (χ1v) is 11.1. The molecule has 0 heterocycles. The molecule has 0 spiro atoms. The minimum atomic E-state index is -4.80. The van der Waals surface area contributed by atoms with Gasteiger partial charge in [-0.25, -0.2) is 13.2 Å². The van der Waals surface area contributed by atoms with E-state index in [0.29, 0.717) is 17.0 Å². The maximum absolute atomic E-state index is 12.9. The number of carbonyl (C=O) groups excluding carboxylic acids is 2. The summed E-state index contributed by atoms with van der Waals surface area (Å²) in [4.78, 5) is 25.0. The van der Waals surface area contributed by atoms with Gasteiger partial charge in [-0.15, -0.1) is 0 Å². The molecule has 172 valence electrons. The molecule has 0 saturated carbocycles. The fraction of sp³-hybridized carbons (Fsp3) is 0.130. The molecule has 0 aliphatic rings. The van der Waals surface area contributed by atoms with E-state index in [2.05, 4.69) is 5.32 Å². The highest BCUT2D eigenvalue weighted by molar-refractivity contribution is 7.91. The molecular weight excluding hydrogens is 456 g/mol. The molecule has 1 amide bonds. The zero-order chi connectivity index (χ0) is 24.0. The summed E-state index contributed by atoms with van der Waals surface area (Å²) in [5.41, 5.74) is 0.694. The largest absolute Gasteiger partial charge is 0.497 e. The van der Waals surface area contributed by atoms with Crippen LogP contribution in [-0.4, -0.2) is 33.2 Å². The average Bonchev–Trinajstić information content (AvgIpc) is 2.83. The predicted molar refractivity (Wildman–Crippen MR) is 116 cm³/mol. The van der Waals surface area contributed by atoms with E-state index < -0.39 is 38.5 Å². The summed E-state index contributed by atoms with van der Waals surface area (Å²) in [5, 5.41) is 2.65. The molecule has 0 saturated heterocycles. The lowest BCUT2D eigenvalue weighted by Gasteiger charge is -2.18. The van der Waals surface area contributed by atoms with Gasteiger partial charge in [0.15, 0.2) is 0 Å². The van der Waals surface area contributed by atoms with Gasteiger partial charge in [-0.2, -0.15) is 8.78 Å². The van der Waals surface area contributed by atoms with Crippen molar-refractivity contribution in [3.05, 3.63) is 90.0 Å². The van der Waals surface area contributed by atoms with Crippen molar-refractivity contribution in [3.63, 3.8) is 0 Å². The molecule has 0 radical (unpaired) electrons. The van der Waals surface area contributed by atoms with Gasteiger partial charge in [0, 0.05) is 17.3 Å². The van der Waals surface area contributed by atoms with Crippen molar-refractivity contribution >= 4 is 27.4 Å². The molecule has 0 bridgehead atoms. The number of sulfone groups is 1. The van der Waals surface area contributed by atoms with Crippen LogP contribution in [0, 0.1) is 0 Å². The summed E-state index contributed by atoms with van der Waals surface area (Å²) in [6, 6.07) is 18.7. The Balaban J connectivity index is 1.83. The second kappa shape index (κ2) is 10.2. The number of alkyl halides is 2. The second-order valence-corrected chi connectivity index (χ2v) is 8.67. The number of esters is 1. The minimum absolute atomic E-state index is 0.113. The Kier molecular flexibility index (Phi) is 7.39. The smallest absolute Gasteiger partial charge is 0.341 e. The SMILES string of the molecule is COc1cccc(NC(=O)C(OC(=O)c2ccc(S(=O)(=O)C(F)F)cc2)c2ccccc2)c1. The predicted octanol–water partition coefficient (Wildman–Crippen LogP) is 4.23. The fourth-order valence-electron chi connectivity index (χ4n) is 2.87. The fourth-order valence-corrected chi connectivity index (χ4v) is 3.59. The van der Waals surface area contributed by atoms with Gasteiger partial charge in [0.05, 0.1) is 17.6 Å². The molecule has 10 heteroatoms. The molecule has 3 rings (SSSR count). The number of ether oxygens (including phenoxy) is 2. The van der Waals surface area contributed by atoms with Gasteiger partial charge in [-0.1, -0.05) is 36.4 Å². The third-order valence-electron chi connectivity index (χ3n) is 4.56. The van der Waals surface area contributed by atoms with Crippen molar-refractivity contribution in [2.75, 3.05) is 12.4 Å². The third-order valence-corrected chi connectivity index (χ3v) is 5.95. The first kappa shape index (κ1) is 23.9. The number of rotatable bonds is 8. The van der Waals surface area contributed by atoms with Crippen molar-refractivity contribution in [1.29, 1.82) is 0 Å². The van der Waals surface area contributed by atoms with Crippen LogP contribution in [0.2, 0.25) is 0 Å². The van der Waals surface area contributed by atoms with Crippen molar-refractivity contribution in [2.45, 2.75) is 16.8 Å². The highest BCUT2D eigenvalue weighted by Gasteiger charge is 2.28. The average molecular weight is 475 g/mol. The van der Waals surface area contributed by atoms with Gasteiger partial charge in [0.1, 0.15) is 5.75 Å². The van der Waals surface area contributed by atoms with Gasteiger partial charge >= 0.3 is 11.7 Å². The van der Waals surface area contributed by atoms with Crippen LogP contribution in [0.5, 0.6) is 5.75 Å². The molecular formula is C23H19F2NO6S. The molecule has 3 aromatic carbocycles. The van der Waals surface area contributed by atoms with E-state index in [0.717, 1.165) is 24.3 Å². The number of amides is 1. The first-order chi connectivity index (χ1) is 15.7. The zero-order valence-electron chi connectivity index (χ0n) is 17.3. The Hall–Kier alpha value is -3.79. The molecule has 1 N–H and O–H groups in total. The van der Waals surface area contributed by atoms with Crippen LogP contribution in [0.25, 0.3) is 0 Å². The number of benzene rings is 3. The van der Waals surface area contributed by atoms with Crippen molar-refractivity contribution in [3.8, 4) is 5.75 Å². The molecule has 0 aliphatic heterocycles. The molecule has 0 aliphatic carbocycles. The van der Waals surface area contributed by atoms with Crippen LogP contribution in [0.3, 0.4) is 0 Å². The van der Waals surface area contributed by atoms with Crippen LogP contribution < -0.4 is 10.1 Å². The minimum Gasteiger partial charge on any atom is -0.497 e. The summed E-state index contributed by atoms with van der Waals surface area (Å²) in [7, 11) is -3.32. The van der Waals surface area contributed by atoms with E-state index in [9.17, 15) is 26.8 Å². The van der Waals surface area contributed by atoms with Crippen LogP contribution in [0.15, 0.2) is 83.8 Å². The summed E-state index contributed by atoms with van der Waals surface area (Å²) in [6.07, 6.45) is -1.34. The van der Waals surface area contributed by atoms with Crippen molar-refractivity contribution in [1.82, 2.24) is 0 Å². The number of hydrogen-bond acceptors (Lipinski definition) is 6. The van der Waals surface area contributed by atoms with Gasteiger partial charge in [0.2, 0.25) is 15.9 Å². The summed E-state index contributed by atoms with van der Waals surface area (Å²) >= 11 is 0. The van der Waals surface area contributed by atoms with E-state index in [-0.39, 0.29) is 5.56 Å². The number of methoxy groups -OCH3 is 1. The molecule has 1 atom stereocenters. The summed E-state index contributed by atoms with van der Waals surface area (Å²) in [5.74, 6) is -4.65. The summed E-state index contributed by atoms with van der Waals surface area (Å²) in [6.45, 7) is 0. The Morgan fingerprint density at radius 2 is 1.58 bits per heavy atom. The molecule has 0 aromatic heterocycles. The van der Waals surface area contributed by atoms with E-state index in [1.807, 2.05) is 0 Å². The maximum Gasteiger partial charge on any atom is 0.341 e. The summed E-state index contributed by atoms with van der Waals surface area (Å²) < 4.78 is 59.0. The highest BCUT2D eigenvalue weighted by Crippen LogP contribution is 2.24. The zero-order valence-corrected chi connectivity index (χ0v) is 18.1. The Morgan fingerprint density at radius 3 is 2.18 bits per heavy atom. The van der Waals surface area contributed by atoms with Crippen LogP contribution in [-0.2, 0) is 19.4 Å². The molecule has 33 heavy (non-hydrogen) atoms. The molecule has 1 unspecified atom stereocenters. The topological polar surface area (TPSA) is 98.8 Å². The van der Waals surface area contributed by atoms with Crippen LogP contribution in [0.1, 0.15) is 22.0 Å². The first-order valence-electron chi connectivity index (χ1n) is 9.55. The van der Waals surface area contributed by atoms with Crippen LogP contribution >= 0.6 is 0 Å². The molecule has 7 nitrogen and oxygen atoms in total. The number of carbonyl (C=O) groups is 2. The van der Waals surface area contributed by atoms with E-state index in [1.165, 1.54) is 7.11 Å². The van der Waals surface area contributed by atoms with Gasteiger partial charge < -0.3 is 14.8 Å². The van der Waals surface area contributed by atoms with Gasteiger partial charge in [-0.05, 0) is 36.4 Å². The van der Waals surface area contributed by atoms with Crippen molar-refractivity contribution < 1.29 is 36.3 Å². The van der Waals surface area contributed by atoms with Crippen molar-refractivity contribution in [2.24, 2.45) is 0 Å². The molecule has 0 fully saturated rings. The van der Waals surface area contributed by atoms with E-state index >= 15 is 0 Å². The quantitative estimate of drug-likeness (QED) is 0.490. The highest BCUT2D eigenvalue weighted by atomic mass is 32.2. The van der Waals surface area contributed by atoms with Gasteiger partial charge in [-0.3, -0.25) is 4.79 Å². The normalized spacial score (nSPS) is 12.1. The monoisotopic (exact) mass is 475 g/mol. The van der Waals surface area contributed by atoms with Gasteiger partial charge in [0.25, 0.3) is 5.91 Å². The second-order valence-electron chi connectivity index (χ2n) is 6.75. The lowest BCUT2D eigenvalue weighted by Crippen LogP contribution is -2.26. The van der Waals surface area contributed by atoms with Crippen LogP contribution in [0.4, 0.5) is 14.5 Å².